The van der Waals surface area contributed by atoms with E-state index < -0.39 is 0 Å². The average molecular weight is 259 g/mol. The fourth-order valence-electron chi connectivity index (χ4n) is 1.60. The number of aromatic nitrogens is 2. The first kappa shape index (κ1) is 12.9. The maximum Gasteiger partial charge on any atom is 0.319 e. The van der Waals surface area contributed by atoms with Crippen molar-refractivity contribution < 1.29 is 4.79 Å². The number of urea groups is 1. The first-order chi connectivity index (χ1) is 9.13. The number of hydrogen-bond acceptors (Lipinski definition) is 3. The first-order valence-electron chi connectivity index (χ1n) is 6.03. The Morgan fingerprint density at radius 2 is 2.11 bits per heavy atom. The number of rotatable bonds is 4. The molecule has 0 saturated heterocycles. The summed E-state index contributed by atoms with van der Waals surface area (Å²) in [5, 5.41) is 9.53. The Morgan fingerprint density at radius 1 is 1.37 bits per heavy atom. The Kier molecular flexibility index (Phi) is 4.02. The van der Waals surface area contributed by atoms with Crippen LogP contribution >= 0.6 is 0 Å². The summed E-state index contributed by atoms with van der Waals surface area (Å²) in [7, 11) is 0. The van der Waals surface area contributed by atoms with Crippen LogP contribution in [-0.2, 0) is 6.54 Å². The van der Waals surface area contributed by atoms with Crippen molar-refractivity contribution in [2.24, 2.45) is 0 Å². The van der Waals surface area contributed by atoms with Crippen LogP contribution in [0.25, 0.3) is 0 Å². The van der Waals surface area contributed by atoms with E-state index in [-0.39, 0.29) is 6.03 Å². The fourth-order valence-corrected chi connectivity index (χ4v) is 1.60. The summed E-state index contributed by atoms with van der Waals surface area (Å²) < 4.78 is 1.68. The number of hydrogen-bond donors (Lipinski definition) is 3. The van der Waals surface area contributed by atoms with Crippen LogP contribution in [-0.4, -0.2) is 22.4 Å². The Balaban J connectivity index is 1.74. The molecule has 1 aromatic heterocycles. The molecule has 1 heterocycles. The van der Waals surface area contributed by atoms with Crippen molar-refractivity contribution in [2.75, 3.05) is 17.6 Å². The summed E-state index contributed by atoms with van der Waals surface area (Å²) >= 11 is 0. The highest BCUT2D eigenvalue weighted by atomic mass is 16.2. The summed E-state index contributed by atoms with van der Waals surface area (Å²) in [4.78, 5) is 11.6. The second kappa shape index (κ2) is 5.90. The topological polar surface area (TPSA) is 85.0 Å². The largest absolute Gasteiger partial charge is 0.396 e. The Morgan fingerprint density at radius 3 is 2.74 bits per heavy atom. The van der Waals surface area contributed by atoms with Crippen LogP contribution in [0, 0.1) is 6.92 Å². The SMILES string of the molecule is Cc1ccc(NC(=O)NCCn2cc(N)cn2)cc1. The molecule has 6 heteroatoms. The van der Waals surface area contributed by atoms with E-state index in [1.807, 2.05) is 31.2 Å². The highest BCUT2D eigenvalue weighted by molar-refractivity contribution is 5.89. The molecule has 2 amide bonds. The minimum absolute atomic E-state index is 0.232. The number of carbonyl (C=O) groups excluding carboxylic acids is 1. The molecule has 2 rings (SSSR count). The number of nitrogen functional groups attached to an aromatic ring is 1. The number of anilines is 2. The lowest BCUT2D eigenvalue weighted by Gasteiger charge is -2.07. The van der Waals surface area contributed by atoms with E-state index in [9.17, 15) is 4.79 Å². The molecule has 19 heavy (non-hydrogen) atoms. The highest BCUT2D eigenvalue weighted by Crippen LogP contribution is 2.07. The molecule has 2 aromatic rings. The van der Waals surface area contributed by atoms with Crippen LogP contribution in [0.3, 0.4) is 0 Å². The third-order valence-corrected chi connectivity index (χ3v) is 2.59. The lowest BCUT2D eigenvalue weighted by Crippen LogP contribution is -2.31. The van der Waals surface area contributed by atoms with Gasteiger partial charge in [-0.15, -0.1) is 0 Å². The van der Waals surface area contributed by atoms with Gasteiger partial charge in [-0.2, -0.15) is 5.10 Å². The number of amides is 2. The van der Waals surface area contributed by atoms with E-state index >= 15 is 0 Å². The highest BCUT2D eigenvalue weighted by Gasteiger charge is 2.01. The van der Waals surface area contributed by atoms with Gasteiger partial charge in [-0.25, -0.2) is 4.79 Å². The minimum atomic E-state index is -0.232. The second-order valence-corrected chi connectivity index (χ2v) is 4.28. The van der Waals surface area contributed by atoms with Crippen LogP contribution in [0.4, 0.5) is 16.2 Å². The maximum absolute atomic E-state index is 11.6. The van der Waals surface area contributed by atoms with Gasteiger partial charge in [-0.3, -0.25) is 4.68 Å². The molecule has 0 spiro atoms. The molecule has 1 aromatic carbocycles. The number of nitrogens with one attached hydrogen (secondary N) is 2. The molecule has 0 unspecified atom stereocenters. The summed E-state index contributed by atoms with van der Waals surface area (Å²) in [5.41, 5.74) is 8.08. The molecular weight excluding hydrogens is 242 g/mol. The molecule has 0 aliphatic rings. The lowest BCUT2D eigenvalue weighted by molar-refractivity contribution is 0.251. The Hall–Kier alpha value is -2.50. The molecule has 0 saturated carbocycles. The predicted octanol–water partition coefficient (Wildman–Crippen LogP) is 1.60. The van der Waals surface area contributed by atoms with E-state index in [0.717, 1.165) is 11.3 Å². The monoisotopic (exact) mass is 259 g/mol. The molecule has 0 aliphatic heterocycles. The zero-order valence-electron chi connectivity index (χ0n) is 10.8. The van der Waals surface area contributed by atoms with E-state index in [1.165, 1.54) is 0 Å². The number of carbonyl (C=O) groups is 1. The molecule has 0 fully saturated rings. The van der Waals surface area contributed by atoms with E-state index in [2.05, 4.69) is 15.7 Å². The third kappa shape index (κ3) is 4.02. The van der Waals surface area contributed by atoms with Crippen LogP contribution in [0.2, 0.25) is 0 Å². The molecule has 4 N–H and O–H groups in total. The van der Waals surface area contributed by atoms with Gasteiger partial charge in [0.1, 0.15) is 0 Å². The van der Waals surface area contributed by atoms with Crippen molar-refractivity contribution in [3.8, 4) is 0 Å². The van der Waals surface area contributed by atoms with Crippen molar-refractivity contribution in [1.29, 1.82) is 0 Å². The van der Waals surface area contributed by atoms with E-state index in [4.69, 9.17) is 5.73 Å². The quantitative estimate of drug-likeness (QED) is 0.779. The van der Waals surface area contributed by atoms with Gasteiger partial charge in [0.2, 0.25) is 0 Å². The summed E-state index contributed by atoms with van der Waals surface area (Å²) in [6.07, 6.45) is 3.30. The molecule has 0 radical (unpaired) electrons. The summed E-state index contributed by atoms with van der Waals surface area (Å²) in [5.74, 6) is 0. The van der Waals surface area contributed by atoms with Crippen LogP contribution < -0.4 is 16.4 Å². The van der Waals surface area contributed by atoms with E-state index in [0.29, 0.717) is 18.8 Å². The number of aryl methyl sites for hydroxylation is 1. The minimum Gasteiger partial charge on any atom is -0.396 e. The van der Waals surface area contributed by atoms with Gasteiger partial charge in [0.15, 0.2) is 0 Å². The van der Waals surface area contributed by atoms with Gasteiger partial charge in [-0.05, 0) is 19.1 Å². The second-order valence-electron chi connectivity index (χ2n) is 4.28. The predicted molar refractivity (Wildman–Crippen MR) is 74.8 cm³/mol. The molecule has 0 aliphatic carbocycles. The van der Waals surface area contributed by atoms with Crippen LogP contribution in [0.1, 0.15) is 5.56 Å². The molecule has 0 bridgehead atoms. The molecule has 6 nitrogen and oxygen atoms in total. The zero-order chi connectivity index (χ0) is 13.7. The van der Waals surface area contributed by atoms with Crippen molar-refractivity contribution in [2.45, 2.75) is 13.5 Å². The van der Waals surface area contributed by atoms with Gasteiger partial charge in [0, 0.05) is 18.4 Å². The van der Waals surface area contributed by atoms with Crippen molar-refractivity contribution in [3.05, 3.63) is 42.2 Å². The smallest absolute Gasteiger partial charge is 0.319 e. The first-order valence-corrected chi connectivity index (χ1v) is 6.03. The van der Waals surface area contributed by atoms with Crippen molar-refractivity contribution in [1.82, 2.24) is 15.1 Å². The Labute approximate surface area is 111 Å². The molecular formula is C13H17N5O. The van der Waals surface area contributed by atoms with Gasteiger partial charge in [0.05, 0.1) is 18.4 Å². The maximum atomic E-state index is 11.6. The Bertz CT molecular complexity index is 546. The van der Waals surface area contributed by atoms with Gasteiger partial charge < -0.3 is 16.4 Å². The third-order valence-electron chi connectivity index (χ3n) is 2.59. The molecule has 100 valence electrons. The standard InChI is InChI=1S/C13H17N5O/c1-10-2-4-12(5-3-10)17-13(19)15-6-7-18-9-11(14)8-16-18/h2-5,8-9H,6-7,14H2,1H3,(H2,15,17,19). The average Bonchev–Trinajstić information content (AvgIpc) is 2.78. The van der Waals surface area contributed by atoms with Crippen molar-refractivity contribution >= 4 is 17.4 Å². The zero-order valence-corrected chi connectivity index (χ0v) is 10.8. The lowest BCUT2D eigenvalue weighted by atomic mass is 10.2. The van der Waals surface area contributed by atoms with Crippen LogP contribution in [0.15, 0.2) is 36.7 Å². The fraction of sp³-hybridized carbons (Fsp3) is 0.231. The van der Waals surface area contributed by atoms with Gasteiger partial charge >= 0.3 is 6.03 Å². The van der Waals surface area contributed by atoms with Crippen molar-refractivity contribution in [3.63, 3.8) is 0 Å². The normalized spacial score (nSPS) is 10.2. The van der Waals surface area contributed by atoms with Gasteiger partial charge in [-0.1, -0.05) is 17.7 Å². The van der Waals surface area contributed by atoms with E-state index in [1.54, 1.807) is 17.1 Å². The number of benzene rings is 1. The van der Waals surface area contributed by atoms with Crippen LogP contribution in [0.5, 0.6) is 0 Å². The summed E-state index contributed by atoms with van der Waals surface area (Å²) in [6.45, 7) is 3.07. The van der Waals surface area contributed by atoms with Gasteiger partial charge in [0.25, 0.3) is 0 Å². The number of nitrogens with zero attached hydrogens (tertiary/aromatic N) is 2. The molecule has 0 atom stereocenters. The summed E-state index contributed by atoms with van der Waals surface area (Å²) in [6, 6.07) is 7.39. The number of nitrogens with two attached hydrogens (primary N) is 1.